The Hall–Kier alpha value is -2.48. The Kier molecular flexibility index (Phi) is 5.05. The molecule has 28 heavy (non-hydrogen) atoms. The largest absolute Gasteiger partial charge is 0.367 e. The maximum absolute atomic E-state index is 13.5. The maximum atomic E-state index is 13.5. The second-order valence-corrected chi connectivity index (χ2v) is 8.18. The molecule has 1 aliphatic heterocycles. The molecule has 5 nitrogen and oxygen atoms in total. The topological polar surface area (TPSA) is 57.7 Å². The van der Waals surface area contributed by atoms with Crippen LogP contribution in [-0.4, -0.2) is 35.5 Å². The van der Waals surface area contributed by atoms with Gasteiger partial charge in [0.2, 0.25) is 17.5 Å². The normalized spacial score (nSPS) is 16.4. The highest BCUT2D eigenvalue weighted by Gasteiger charge is 2.39. The molecule has 0 spiro atoms. The van der Waals surface area contributed by atoms with Crippen LogP contribution in [0, 0.1) is 3.57 Å². The lowest BCUT2D eigenvalue weighted by molar-refractivity contribution is -0.116. The molecule has 2 aliphatic rings. The Morgan fingerprint density at radius 1 is 0.964 bits per heavy atom. The molecule has 0 unspecified atom stereocenters. The molecule has 6 heteroatoms. The number of anilines is 1. The number of likely N-dealkylation sites (tertiary alicyclic amines) is 1. The summed E-state index contributed by atoms with van der Waals surface area (Å²) in [4.78, 5) is 42.9. The smallest absolute Gasteiger partial charge is 0.228 e. The standard InChI is InChI=1S/C22H19IN2O3/c1-14(26)25(16-8-6-7-15(23)13-16)20-19(24-11-4-5-12-24)21(27)17-9-2-3-10-18(17)22(20)28/h2-3,6-10,13H,4-5,11-12H2,1H3. The SMILES string of the molecule is CC(=O)N(C1=C(N2CCCC2)C(=O)c2ccccc2C1=O)c1cccc(I)c1. The molecule has 0 saturated carbocycles. The Morgan fingerprint density at radius 3 is 2.21 bits per heavy atom. The molecule has 2 aromatic carbocycles. The summed E-state index contributed by atoms with van der Waals surface area (Å²) in [5.74, 6) is -0.774. The second-order valence-electron chi connectivity index (χ2n) is 6.93. The fourth-order valence-electron chi connectivity index (χ4n) is 3.87. The summed E-state index contributed by atoms with van der Waals surface area (Å²) in [5, 5.41) is 0. The number of ketones is 2. The number of Topliss-reactive ketones (excluding diaryl/α,β-unsaturated/α-hetero) is 2. The minimum Gasteiger partial charge on any atom is -0.367 e. The van der Waals surface area contributed by atoms with Gasteiger partial charge in [0.05, 0.1) is 5.69 Å². The first-order valence-corrected chi connectivity index (χ1v) is 10.3. The number of benzene rings is 2. The highest BCUT2D eigenvalue weighted by molar-refractivity contribution is 14.1. The monoisotopic (exact) mass is 486 g/mol. The van der Waals surface area contributed by atoms with Crippen molar-refractivity contribution in [2.24, 2.45) is 0 Å². The molecule has 4 rings (SSSR count). The van der Waals surface area contributed by atoms with Gasteiger partial charge in [0, 0.05) is 34.7 Å². The van der Waals surface area contributed by atoms with Crippen LogP contribution in [0.15, 0.2) is 59.9 Å². The van der Waals surface area contributed by atoms with E-state index in [1.165, 1.54) is 11.8 Å². The second kappa shape index (κ2) is 7.50. The van der Waals surface area contributed by atoms with Crippen LogP contribution in [0.2, 0.25) is 0 Å². The zero-order valence-corrected chi connectivity index (χ0v) is 17.6. The van der Waals surface area contributed by atoms with Gasteiger partial charge in [-0.15, -0.1) is 0 Å². The Morgan fingerprint density at radius 2 is 1.61 bits per heavy atom. The summed E-state index contributed by atoms with van der Waals surface area (Å²) < 4.78 is 0.944. The highest BCUT2D eigenvalue weighted by atomic mass is 127. The third-order valence-corrected chi connectivity index (χ3v) is 5.77. The van der Waals surface area contributed by atoms with Crippen LogP contribution in [0.5, 0.6) is 0 Å². The number of amides is 1. The first-order valence-electron chi connectivity index (χ1n) is 9.23. The summed E-state index contributed by atoms with van der Waals surface area (Å²) in [6.45, 7) is 2.84. The van der Waals surface area contributed by atoms with E-state index in [2.05, 4.69) is 22.6 Å². The molecule has 0 atom stereocenters. The van der Waals surface area contributed by atoms with E-state index >= 15 is 0 Å². The Bertz CT molecular complexity index is 1020. The minimum atomic E-state index is -0.297. The maximum Gasteiger partial charge on any atom is 0.228 e. The molecular formula is C22H19IN2O3. The zero-order valence-electron chi connectivity index (χ0n) is 15.4. The van der Waals surface area contributed by atoms with E-state index in [1.807, 2.05) is 23.1 Å². The summed E-state index contributed by atoms with van der Waals surface area (Å²) in [6, 6.07) is 14.2. The van der Waals surface area contributed by atoms with Crippen LogP contribution in [0.3, 0.4) is 0 Å². The average molecular weight is 486 g/mol. The summed E-state index contributed by atoms with van der Waals surface area (Å²) in [7, 11) is 0. The molecule has 0 aromatic heterocycles. The van der Waals surface area contributed by atoms with E-state index in [0.29, 0.717) is 35.6 Å². The molecule has 142 valence electrons. The van der Waals surface area contributed by atoms with E-state index in [1.54, 1.807) is 30.3 Å². The number of fused-ring (bicyclic) bond motifs is 1. The van der Waals surface area contributed by atoms with Crippen molar-refractivity contribution >= 4 is 45.8 Å². The summed E-state index contributed by atoms with van der Waals surface area (Å²) >= 11 is 2.17. The molecular weight excluding hydrogens is 467 g/mol. The molecule has 0 bridgehead atoms. The fraction of sp³-hybridized carbons (Fsp3) is 0.227. The molecule has 1 heterocycles. The van der Waals surface area contributed by atoms with Crippen molar-refractivity contribution < 1.29 is 14.4 Å². The third-order valence-electron chi connectivity index (χ3n) is 5.10. The number of halogens is 1. The first kappa shape index (κ1) is 18.9. The van der Waals surface area contributed by atoms with Crippen molar-refractivity contribution in [3.8, 4) is 0 Å². The molecule has 0 radical (unpaired) electrons. The van der Waals surface area contributed by atoms with E-state index in [9.17, 15) is 14.4 Å². The number of carbonyl (C=O) groups is 3. The molecule has 1 saturated heterocycles. The molecule has 1 aliphatic carbocycles. The lowest BCUT2D eigenvalue weighted by atomic mass is 9.89. The van der Waals surface area contributed by atoms with Crippen molar-refractivity contribution in [2.45, 2.75) is 19.8 Å². The number of hydrogen-bond donors (Lipinski definition) is 0. The van der Waals surface area contributed by atoms with Gasteiger partial charge in [-0.25, -0.2) is 0 Å². The van der Waals surface area contributed by atoms with Crippen LogP contribution < -0.4 is 4.90 Å². The van der Waals surface area contributed by atoms with Gasteiger partial charge < -0.3 is 4.90 Å². The summed E-state index contributed by atoms with van der Waals surface area (Å²) in [6.07, 6.45) is 1.92. The van der Waals surface area contributed by atoms with Gasteiger partial charge in [-0.2, -0.15) is 0 Å². The third kappa shape index (κ3) is 3.15. The van der Waals surface area contributed by atoms with Gasteiger partial charge in [0.25, 0.3) is 0 Å². The van der Waals surface area contributed by atoms with E-state index in [-0.39, 0.29) is 23.2 Å². The van der Waals surface area contributed by atoms with Gasteiger partial charge in [-0.1, -0.05) is 30.3 Å². The van der Waals surface area contributed by atoms with Gasteiger partial charge in [0.15, 0.2) is 0 Å². The van der Waals surface area contributed by atoms with Gasteiger partial charge >= 0.3 is 0 Å². The fourth-order valence-corrected chi connectivity index (χ4v) is 4.40. The van der Waals surface area contributed by atoms with E-state index in [0.717, 1.165) is 16.4 Å². The molecule has 0 N–H and O–H groups in total. The molecule has 2 aromatic rings. The average Bonchev–Trinajstić information content (AvgIpc) is 3.20. The quantitative estimate of drug-likeness (QED) is 0.615. The zero-order chi connectivity index (χ0) is 19.8. The first-order chi connectivity index (χ1) is 13.5. The van der Waals surface area contributed by atoms with Crippen LogP contribution in [-0.2, 0) is 4.79 Å². The lowest BCUT2D eigenvalue weighted by Gasteiger charge is -2.33. The Balaban J connectivity index is 1.97. The van der Waals surface area contributed by atoms with E-state index < -0.39 is 0 Å². The van der Waals surface area contributed by atoms with Crippen molar-refractivity contribution in [2.75, 3.05) is 18.0 Å². The predicted octanol–water partition coefficient (Wildman–Crippen LogP) is 4.03. The van der Waals surface area contributed by atoms with Crippen molar-refractivity contribution in [3.63, 3.8) is 0 Å². The van der Waals surface area contributed by atoms with Crippen molar-refractivity contribution in [1.82, 2.24) is 4.90 Å². The highest BCUT2D eigenvalue weighted by Crippen LogP contribution is 2.34. The number of carbonyl (C=O) groups excluding carboxylic acids is 3. The number of nitrogens with zero attached hydrogens (tertiary/aromatic N) is 2. The van der Waals surface area contributed by atoms with Crippen LogP contribution in [0.4, 0.5) is 5.69 Å². The van der Waals surface area contributed by atoms with Crippen LogP contribution in [0.25, 0.3) is 0 Å². The van der Waals surface area contributed by atoms with E-state index in [4.69, 9.17) is 0 Å². The predicted molar refractivity (Wildman–Crippen MR) is 115 cm³/mol. The van der Waals surface area contributed by atoms with Gasteiger partial charge in [0.1, 0.15) is 11.4 Å². The number of hydrogen-bond acceptors (Lipinski definition) is 4. The number of rotatable bonds is 3. The van der Waals surface area contributed by atoms with Crippen LogP contribution >= 0.6 is 22.6 Å². The van der Waals surface area contributed by atoms with Gasteiger partial charge in [-0.05, 0) is 53.6 Å². The van der Waals surface area contributed by atoms with Crippen LogP contribution in [0.1, 0.15) is 40.5 Å². The minimum absolute atomic E-state index is 0.167. The molecule has 1 amide bonds. The number of allylic oxidation sites excluding steroid dienone is 2. The van der Waals surface area contributed by atoms with Crippen molar-refractivity contribution in [3.05, 3.63) is 74.6 Å². The lowest BCUT2D eigenvalue weighted by Crippen LogP contribution is -2.41. The Labute approximate surface area is 177 Å². The molecule has 1 fully saturated rings. The van der Waals surface area contributed by atoms with Crippen molar-refractivity contribution in [1.29, 1.82) is 0 Å². The van der Waals surface area contributed by atoms with Gasteiger partial charge in [-0.3, -0.25) is 19.3 Å². The summed E-state index contributed by atoms with van der Waals surface area (Å²) in [5.41, 5.74) is 1.86.